The molecule has 0 radical (unpaired) electrons. The van der Waals surface area contributed by atoms with Gasteiger partial charge in [-0.25, -0.2) is 4.79 Å². The monoisotopic (exact) mass is 377 g/mol. The summed E-state index contributed by atoms with van der Waals surface area (Å²) in [7, 11) is -3.49. The van der Waals surface area contributed by atoms with Gasteiger partial charge >= 0.3 is 5.97 Å². The van der Waals surface area contributed by atoms with Crippen LogP contribution in [0.1, 0.15) is 34.5 Å². The van der Waals surface area contributed by atoms with Gasteiger partial charge in [0.2, 0.25) is 7.37 Å². The third-order valence-electron chi connectivity index (χ3n) is 4.06. The molecule has 0 saturated heterocycles. The normalized spacial score (nSPS) is 15.8. The Bertz CT molecular complexity index is 781. The van der Waals surface area contributed by atoms with E-state index in [1.54, 1.807) is 42.5 Å². The topological polar surface area (TPSA) is 107 Å². The number of aliphatic hydroxyl groups is 1. The van der Waals surface area contributed by atoms with Crippen molar-refractivity contribution in [1.29, 1.82) is 0 Å². The van der Waals surface area contributed by atoms with Gasteiger partial charge in [0.1, 0.15) is 0 Å². The molecule has 0 amide bonds. The standard InChI is InChI=1S/C19H24NO5P/c1-14(16-8-5-9-17(10-16)19(22)23)20-11-18(21)13-26(24,25)12-15-6-3-2-4-7-15/h2-10,14,18,20-21H,11-13H2,1H3,(H,22,23)(H,24,25). The summed E-state index contributed by atoms with van der Waals surface area (Å²) >= 11 is 0. The van der Waals surface area contributed by atoms with Crippen molar-refractivity contribution in [2.45, 2.75) is 25.2 Å². The molecule has 0 aromatic heterocycles. The first-order chi connectivity index (χ1) is 12.3. The Labute approximate surface area is 153 Å². The molecular formula is C19H24NO5P. The Morgan fingerprint density at radius 3 is 2.50 bits per heavy atom. The molecule has 4 N–H and O–H groups in total. The molecule has 0 aliphatic carbocycles. The molecule has 140 valence electrons. The predicted octanol–water partition coefficient (Wildman–Crippen LogP) is 2.87. The van der Waals surface area contributed by atoms with Gasteiger partial charge in [0.15, 0.2) is 0 Å². The fraction of sp³-hybridized carbons (Fsp3) is 0.316. The van der Waals surface area contributed by atoms with Crippen molar-refractivity contribution in [2.24, 2.45) is 0 Å². The Hall–Kier alpha value is -1.98. The molecule has 0 saturated carbocycles. The summed E-state index contributed by atoms with van der Waals surface area (Å²) < 4.78 is 12.3. The Morgan fingerprint density at radius 1 is 1.15 bits per heavy atom. The lowest BCUT2D eigenvalue weighted by Gasteiger charge is -2.20. The molecule has 0 aliphatic heterocycles. The van der Waals surface area contributed by atoms with Crippen molar-refractivity contribution in [3.05, 3.63) is 71.3 Å². The highest BCUT2D eigenvalue weighted by molar-refractivity contribution is 7.57. The van der Waals surface area contributed by atoms with E-state index in [0.717, 1.165) is 11.1 Å². The number of hydrogen-bond acceptors (Lipinski definition) is 4. The first-order valence-electron chi connectivity index (χ1n) is 8.36. The SMILES string of the molecule is CC(NCC(O)CP(=O)(O)Cc1ccccc1)c1cccc(C(=O)O)c1. The van der Waals surface area contributed by atoms with E-state index in [9.17, 15) is 19.4 Å². The van der Waals surface area contributed by atoms with E-state index in [2.05, 4.69) is 5.32 Å². The molecule has 26 heavy (non-hydrogen) atoms. The molecular weight excluding hydrogens is 353 g/mol. The molecule has 3 atom stereocenters. The van der Waals surface area contributed by atoms with Gasteiger partial charge < -0.3 is 20.4 Å². The van der Waals surface area contributed by atoms with Crippen molar-refractivity contribution < 1.29 is 24.5 Å². The van der Waals surface area contributed by atoms with Crippen molar-refractivity contribution in [1.82, 2.24) is 5.32 Å². The highest BCUT2D eigenvalue weighted by Crippen LogP contribution is 2.44. The number of aromatic carboxylic acids is 1. The van der Waals surface area contributed by atoms with Gasteiger partial charge in [-0.2, -0.15) is 0 Å². The fourth-order valence-electron chi connectivity index (χ4n) is 2.70. The Kier molecular flexibility index (Phi) is 7.12. The third-order valence-corrected chi connectivity index (χ3v) is 5.91. The summed E-state index contributed by atoms with van der Waals surface area (Å²) in [5, 5.41) is 22.2. The highest BCUT2D eigenvalue weighted by atomic mass is 31.2. The van der Waals surface area contributed by atoms with Crippen LogP contribution in [0.4, 0.5) is 0 Å². The van der Waals surface area contributed by atoms with Crippen LogP contribution < -0.4 is 5.32 Å². The smallest absolute Gasteiger partial charge is 0.335 e. The maximum Gasteiger partial charge on any atom is 0.335 e. The number of carbonyl (C=O) groups is 1. The first kappa shape index (κ1) is 20.3. The summed E-state index contributed by atoms with van der Waals surface area (Å²) in [5.74, 6) is -0.999. The van der Waals surface area contributed by atoms with E-state index in [1.165, 1.54) is 6.07 Å². The van der Waals surface area contributed by atoms with E-state index >= 15 is 0 Å². The number of nitrogens with one attached hydrogen (secondary N) is 1. The minimum atomic E-state index is -3.49. The van der Waals surface area contributed by atoms with Crippen LogP contribution in [0.2, 0.25) is 0 Å². The zero-order chi connectivity index (χ0) is 19.2. The zero-order valence-electron chi connectivity index (χ0n) is 14.6. The second kappa shape index (κ2) is 9.10. The Balaban J connectivity index is 1.87. The quantitative estimate of drug-likeness (QED) is 0.501. The van der Waals surface area contributed by atoms with Crippen molar-refractivity contribution in [2.75, 3.05) is 12.7 Å². The van der Waals surface area contributed by atoms with Crippen LogP contribution in [0.25, 0.3) is 0 Å². The average molecular weight is 377 g/mol. The molecule has 2 aromatic rings. The number of aliphatic hydroxyl groups excluding tert-OH is 1. The molecule has 0 heterocycles. The number of carboxylic acids is 1. The van der Waals surface area contributed by atoms with Crippen molar-refractivity contribution in [3.8, 4) is 0 Å². The summed E-state index contributed by atoms with van der Waals surface area (Å²) in [5.41, 5.74) is 1.73. The van der Waals surface area contributed by atoms with Gasteiger partial charge in [0, 0.05) is 18.7 Å². The van der Waals surface area contributed by atoms with E-state index in [1.807, 2.05) is 13.0 Å². The molecule has 6 nitrogen and oxygen atoms in total. The summed E-state index contributed by atoms with van der Waals surface area (Å²) in [6, 6.07) is 15.4. The van der Waals surface area contributed by atoms with Gasteiger partial charge in [-0.05, 0) is 30.2 Å². The molecule has 0 fully saturated rings. The van der Waals surface area contributed by atoms with E-state index in [0.29, 0.717) is 0 Å². The summed E-state index contributed by atoms with van der Waals surface area (Å²) in [4.78, 5) is 21.1. The summed E-state index contributed by atoms with van der Waals surface area (Å²) in [6.45, 7) is 1.98. The van der Waals surface area contributed by atoms with Crippen LogP contribution in [-0.4, -0.2) is 39.9 Å². The van der Waals surface area contributed by atoms with Gasteiger partial charge in [-0.3, -0.25) is 4.57 Å². The highest BCUT2D eigenvalue weighted by Gasteiger charge is 2.23. The van der Waals surface area contributed by atoms with Gasteiger partial charge in [0.05, 0.1) is 17.8 Å². The van der Waals surface area contributed by atoms with E-state index in [4.69, 9.17) is 5.11 Å². The molecule has 7 heteroatoms. The fourth-order valence-corrected chi connectivity index (χ4v) is 4.40. The predicted molar refractivity (Wildman–Crippen MR) is 101 cm³/mol. The van der Waals surface area contributed by atoms with Crippen LogP contribution in [0.3, 0.4) is 0 Å². The largest absolute Gasteiger partial charge is 0.478 e. The number of hydrogen-bond donors (Lipinski definition) is 4. The van der Waals surface area contributed by atoms with Gasteiger partial charge in [-0.1, -0.05) is 42.5 Å². The minimum Gasteiger partial charge on any atom is -0.478 e. The molecule has 2 rings (SSSR count). The number of carboxylic acid groups (broad SMARTS) is 1. The molecule has 3 unspecified atom stereocenters. The maximum absolute atomic E-state index is 12.3. The lowest BCUT2D eigenvalue weighted by Crippen LogP contribution is -2.31. The average Bonchev–Trinajstić information content (AvgIpc) is 2.59. The second-order valence-electron chi connectivity index (χ2n) is 6.39. The van der Waals surface area contributed by atoms with Crippen LogP contribution in [0, 0.1) is 0 Å². The van der Waals surface area contributed by atoms with E-state index < -0.39 is 19.4 Å². The molecule has 0 spiro atoms. The van der Waals surface area contributed by atoms with Gasteiger partial charge in [0.25, 0.3) is 0 Å². The van der Waals surface area contributed by atoms with Gasteiger partial charge in [-0.15, -0.1) is 0 Å². The Morgan fingerprint density at radius 2 is 1.85 bits per heavy atom. The third kappa shape index (κ3) is 6.39. The first-order valence-corrected chi connectivity index (χ1v) is 10.4. The van der Waals surface area contributed by atoms with Crippen LogP contribution >= 0.6 is 7.37 Å². The van der Waals surface area contributed by atoms with Crippen LogP contribution in [-0.2, 0) is 10.7 Å². The lowest BCUT2D eigenvalue weighted by atomic mass is 10.1. The molecule has 0 bridgehead atoms. The van der Waals surface area contributed by atoms with Crippen molar-refractivity contribution in [3.63, 3.8) is 0 Å². The second-order valence-corrected chi connectivity index (χ2v) is 8.76. The number of rotatable bonds is 9. The zero-order valence-corrected chi connectivity index (χ0v) is 15.5. The van der Waals surface area contributed by atoms with E-state index in [-0.39, 0.29) is 30.5 Å². The van der Waals surface area contributed by atoms with Crippen LogP contribution in [0.5, 0.6) is 0 Å². The lowest BCUT2D eigenvalue weighted by molar-refractivity contribution is 0.0696. The van der Waals surface area contributed by atoms with Crippen LogP contribution in [0.15, 0.2) is 54.6 Å². The minimum absolute atomic E-state index is 0.0289. The summed E-state index contributed by atoms with van der Waals surface area (Å²) in [6.07, 6.45) is -1.14. The number of benzene rings is 2. The maximum atomic E-state index is 12.3. The van der Waals surface area contributed by atoms with Crippen molar-refractivity contribution >= 4 is 13.3 Å². The molecule has 2 aromatic carbocycles. The molecule has 0 aliphatic rings.